The number of carbonyl (C=O) groups is 1. The van der Waals surface area contributed by atoms with Gasteiger partial charge in [-0.1, -0.05) is 30.0 Å². The van der Waals surface area contributed by atoms with Gasteiger partial charge in [-0.2, -0.15) is 5.10 Å². The van der Waals surface area contributed by atoms with Crippen molar-refractivity contribution in [3.8, 4) is 5.75 Å². The number of benzene rings is 2. The smallest absolute Gasteiger partial charge is 0.271 e. The van der Waals surface area contributed by atoms with Crippen molar-refractivity contribution in [3.05, 3.63) is 64.2 Å². The number of hydrogen-bond acceptors (Lipinski definition) is 10. The number of nitrogens with zero attached hydrogens (tertiary/aromatic N) is 5. The molecule has 1 aromatic heterocycles. The molecule has 2 aromatic carbocycles. The number of hydrazone groups is 1. The molecule has 3 aromatic rings. The first-order valence-electron chi connectivity index (χ1n) is 8.77. The Morgan fingerprint density at radius 2 is 2.13 bits per heavy atom. The molecule has 12 nitrogen and oxygen atoms in total. The van der Waals surface area contributed by atoms with Gasteiger partial charge in [-0.05, 0) is 23.8 Å². The van der Waals surface area contributed by atoms with Gasteiger partial charge in [0.1, 0.15) is 5.75 Å². The van der Waals surface area contributed by atoms with Gasteiger partial charge in [0.15, 0.2) is 0 Å². The first kappa shape index (κ1) is 21.6. The maximum absolute atomic E-state index is 12.1. The molecule has 160 valence electrons. The molecule has 4 N–H and O–H groups in total. The summed E-state index contributed by atoms with van der Waals surface area (Å²) in [5, 5.41) is 25.5. The van der Waals surface area contributed by atoms with Gasteiger partial charge in [0.05, 0.1) is 24.0 Å². The quantitative estimate of drug-likeness (QED) is 0.148. The number of ether oxygens (including phenoxy) is 1. The van der Waals surface area contributed by atoms with E-state index in [-0.39, 0.29) is 28.5 Å². The Hall–Kier alpha value is -4.13. The first-order valence-corrected chi connectivity index (χ1v) is 9.75. The van der Waals surface area contributed by atoms with Gasteiger partial charge in [0.25, 0.3) is 11.6 Å². The summed E-state index contributed by atoms with van der Waals surface area (Å²) in [6.07, 6.45) is 1.57. The van der Waals surface area contributed by atoms with Crippen LogP contribution in [0, 0.1) is 10.1 Å². The number of aromatic nitrogens is 3. The van der Waals surface area contributed by atoms with Crippen molar-refractivity contribution in [1.82, 2.24) is 14.9 Å². The maximum atomic E-state index is 12.1. The minimum absolute atomic E-state index is 0.0227. The molecule has 0 spiro atoms. The van der Waals surface area contributed by atoms with E-state index >= 15 is 0 Å². The maximum Gasteiger partial charge on any atom is 0.271 e. The highest BCUT2D eigenvalue weighted by atomic mass is 32.2. The Balaban J connectivity index is 1.54. The van der Waals surface area contributed by atoms with E-state index in [1.165, 1.54) is 18.2 Å². The molecular formula is C18H18N8O4S. The minimum atomic E-state index is -0.535. The van der Waals surface area contributed by atoms with E-state index < -0.39 is 4.92 Å². The van der Waals surface area contributed by atoms with E-state index in [1.54, 1.807) is 25.5 Å². The summed E-state index contributed by atoms with van der Waals surface area (Å²) in [6.45, 7) is 0. The fourth-order valence-corrected chi connectivity index (χ4v) is 3.02. The third kappa shape index (κ3) is 5.93. The standard InChI is InChI=1S/C18H18N8O4S/c1-30-15-7-2-4-12(8-15)10-20-22-17-23-24-18(25(17)19)31-11-16(27)21-13-5-3-6-14(9-13)26(28)29/h2-10H,11,19H2,1H3,(H,21,27)(H,22,23)/b20-10+. The van der Waals surface area contributed by atoms with Crippen LogP contribution in [0.1, 0.15) is 5.56 Å². The second kappa shape index (κ2) is 10.1. The molecule has 0 saturated carbocycles. The van der Waals surface area contributed by atoms with Crippen LogP contribution in [0.2, 0.25) is 0 Å². The highest BCUT2D eigenvalue weighted by molar-refractivity contribution is 7.99. The van der Waals surface area contributed by atoms with Crippen molar-refractivity contribution in [2.75, 3.05) is 29.4 Å². The Bertz CT molecular complexity index is 1120. The molecule has 13 heteroatoms. The summed E-state index contributed by atoms with van der Waals surface area (Å²) in [7, 11) is 1.58. The van der Waals surface area contributed by atoms with Gasteiger partial charge in [-0.3, -0.25) is 14.9 Å². The normalized spacial score (nSPS) is 10.7. The predicted octanol–water partition coefficient (Wildman–Crippen LogP) is 2.09. The summed E-state index contributed by atoms with van der Waals surface area (Å²) in [4.78, 5) is 22.4. The fraction of sp³-hybridized carbons (Fsp3) is 0.111. The number of anilines is 2. The Labute approximate surface area is 180 Å². The fourth-order valence-electron chi connectivity index (χ4n) is 2.36. The molecule has 31 heavy (non-hydrogen) atoms. The Morgan fingerprint density at radius 3 is 2.90 bits per heavy atom. The van der Waals surface area contributed by atoms with Gasteiger partial charge in [0.2, 0.25) is 11.1 Å². The zero-order chi connectivity index (χ0) is 22.2. The second-order valence-electron chi connectivity index (χ2n) is 5.97. The highest BCUT2D eigenvalue weighted by Crippen LogP contribution is 2.19. The third-order valence-electron chi connectivity index (χ3n) is 3.81. The SMILES string of the molecule is COc1cccc(/C=N/Nc2nnc(SCC(=O)Nc3cccc([N+](=O)[O-])c3)n2N)c1. The molecule has 0 unspecified atom stereocenters. The van der Waals surface area contributed by atoms with E-state index in [0.29, 0.717) is 11.4 Å². The average molecular weight is 442 g/mol. The van der Waals surface area contributed by atoms with Crippen LogP contribution in [-0.2, 0) is 4.79 Å². The van der Waals surface area contributed by atoms with Crippen LogP contribution < -0.4 is 21.3 Å². The highest BCUT2D eigenvalue weighted by Gasteiger charge is 2.13. The number of amides is 1. The summed E-state index contributed by atoms with van der Waals surface area (Å²) < 4.78 is 6.31. The molecule has 0 bridgehead atoms. The molecule has 0 fully saturated rings. The molecule has 0 aliphatic carbocycles. The van der Waals surface area contributed by atoms with Crippen molar-refractivity contribution < 1.29 is 14.5 Å². The molecule has 0 saturated heterocycles. The number of nitrogens with two attached hydrogens (primary N) is 1. The van der Waals surface area contributed by atoms with Crippen LogP contribution >= 0.6 is 11.8 Å². The van der Waals surface area contributed by atoms with Gasteiger partial charge in [-0.25, -0.2) is 10.1 Å². The number of nitrogens with one attached hydrogen (secondary N) is 2. The average Bonchev–Trinajstić information content (AvgIpc) is 3.12. The van der Waals surface area contributed by atoms with Crippen LogP contribution in [0.4, 0.5) is 17.3 Å². The van der Waals surface area contributed by atoms with Crippen molar-refractivity contribution in [3.63, 3.8) is 0 Å². The summed E-state index contributed by atoms with van der Waals surface area (Å²) in [6, 6.07) is 13.0. The molecule has 0 atom stereocenters. The van der Waals surface area contributed by atoms with Crippen LogP contribution in [-0.4, -0.2) is 44.8 Å². The summed E-state index contributed by atoms with van der Waals surface area (Å²) in [5.41, 5.74) is 3.70. The number of nitro groups is 1. The van der Waals surface area contributed by atoms with E-state index in [2.05, 4.69) is 26.0 Å². The number of non-ortho nitro benzene ring substituents is 1. The summed E-state index contributed by atoms with van der Waals surface area (Å²) >= 11 is 1.05. The van der Waals surface area contributed by atoms with Gasteiger partial charge in [0, 0.05) is 17.8 Å². The van der Waals surface area contributed by atoms with Gasteiger partial charge < -0.3 is 15.9 Å². The van der Waals surface area contributed by atoms with E-state index in [0.717, 1.165) is 22.0 Å². The number of thioether (sulfide) groups is 1. The number of nitrogen functional groups attached to an aromatic ring is 1. The van der Waals surface area contributed by atoms with Gasteiger partial charge in [-0.15, -0.1) is 10.2 Å². The molecule has 0 radical (unpaired) electrons. The lowest BCUT2D eigenvalue weighted by Gasteiger charge is -2.05. The van der Waals surface area contributed by atoms with E-state index in [1.807, 2.05) is 18.2 Å². The molecule has 3 rings (SSSR count). The molecule has 0 aliphatic rings. The van der Waals surface area contributed by atoms with Crippen molar-refractivity contribution in [2.24, 2.45) is 5.10 Å². The minimum Gasteiger partial charge on any atom is -0.497 e. The summed E-state index contributed by atoms with van der Waals surface area (Å²) in [5.74, 6) is 6.41. The molecule has 1 amide bonds. The molecule has 0 aliphatic heterocycles. The largest absolute Gasteiger partial charge is 0.497 e. The molecular weight excluding hydrogens is 424 g/mol. The Kier molecular flexibility index (Phi) is 7.01. The number of carbonyl (C=O) groups excluding carboxylic acids is 1. The van der Waals surface area contributed by atoms with Crippen molar-refractivity contribution in [1.29, 1.82) is 0 Å². The number of hydrogen-bond donors (Lipinski definition) is 3. The zero-order valence-electron chi connectivity index (χ0n) is 16.3. The van der Waals surface area contributed by atoms with Crippen LogP contribution in [0.5, 0.6) is 5.75 Å². The number of rotatable bonds is 9. The zero-order valence-corrected chi connectivity index (χ0v) is 17.1. The van der Waals surface area contributed by atoms with E-state index in [4.69, 9.17) is 10.6 Å². The van der Waals surface area contributed by atoms with Gasteiger partial charge >= 0.3 is 0 Å². The second-order valence-corrected chi connectivity index (χ2v) is 6.91. The number of nitro benzene ring substituents is 1. The van der Waals surface area contributed by atoms with Crippen LogP contribution in [0.3, 0.4) is 0 Å². The lowest BCUT2D eigenvalue weighted by atomic mass is 10.2. The first-order chi connectivity index (χ1) is 15.0. The van der Waals surface area contributed by atoms with Crippen molar-refractivity contribution >= 4 is 41.2 Å². The molecule has 1 heterocycles. The lowest BCUT2D eigenvalue weighted by Crippen LogP contribution is -2.17. The third-order valence-corrected chi connectivity index (χ3v) is 4.75. The monoisotopic (exact) mass is 442 g/mol. The number of methoxy groups -OCH3 is 1. The topological polar surface area (TPSA) is 163 Å². The van der Waals surface area contributed by atoms with E-state index in [9.17, 15) is 14.9 Å². The lowest BCUT2D eigenvalue weighted by molar-refractivity contribution is -0.384. The van der Waals surface area contributed by atoms with Crippen LogP contribution in [0.25, 0.3) is 0 Å². The van der Waals surface area contributed by atoms with Crippen molar-refractivity contribution in [2.45, 2.75) is 5.16 Å². The van der Waals surface area contributed by atoms with Crippen LogP contribution in [0.15, 0.2) is 58.8 Å². The predicted molar refractivity (Wildman–Crippen MR) is 117 cm³/mol. The Morgan fingerprint density at radius 1 is 1.32 bits per heavy atom.